The number of hydrogen-bond acceptors (Lipinski definition) is 1. The third kappa shape index (κ3) is 2.46. The molecule has 0 aliphatic carbocycles. The summed E-state index contributed by atoms with van der Waals surface area (Å²) >= 11 is 0. The van der Waals surface area contributed by atoms with Gasteiger partial charge in [-0.3, -0.25) is 4.79 Å². The fourth-order valence-electron chi connectivity index (χ4n) is 3.03. The molecule has 1 heterocycles. The van der Waals surface area contributed by atoms with E-state index < -0.39 is 0 Å². The SMILES string of the molecule is Cc1ccc([C@H]2CCNC(=O)[C@@H]2c2ccccc2)cc1. The maximum absolute atomic E-state index is 12.3. The van der Waals surface area contributed by atoms with Crippen LogP contribution in [0.2, 0.25) is 0 Å². The van der Waals surface area contributed by atoms with Crippen LogP contribution >= 0.6 is 0 Å². The second-order valence-corrected chi connectivity index (χ2v) is 5.49. The van der Waals surface area contributed by atoms with Crippen LogP contribution in [-0.2, 0) is 4.79 Å². The normalized spacial score (nSPS) is 22.4. The van der Waals surface area contributed by atoms with Crippen molar-refractivity contribution < 1.29 is 4.79 Å². The minimum atomic E-state index is -0.0762. The van der Waals surface area contributed by atoms with Gasteiger partial charge in [0.2, 0.25) is 5.91 Å². The summed E-state index contributed by atoms with van der Waals surface area (Å²) in [7, 11) is 0. The largest absolute Gasteiger partial charge is 0.356 e. The van der Waals surface area contributed by atoms with Crippen molar-refractivity contribution in [1.29, 1.82) is 0 Å². The van der Waals surface area contributed by atoms with Gasteiger partial charge in [-0.05, 0) is 24.5 Å². The maximum Gasteiger partial charge on any atom is 0.228 e. The van der Waals surface area contributed by atoms with Crippen LogP contribution in [-0.4, -0.2) is 12.5 Å². The average Bonchev–Trinajstić information content (AvgIpc) is 2.49. The first-order valence-corrected chi connectivity index (χ1v) is 7.15. The fourth-order valence-corrected chi connectivity index (χ4v) is 3.03. The predicted octanol–water partition coefficient (Wildman–Crippen LogP) is 3.38. The molecule has 0 spiro atoms. The topological polar surface area (TPSA) is 29.1 Å². The molecule has 3 rings (SSSR count). The number of aryl methyl sites for hydroxylation is 1. The third-order valence-electron chi connectivity index (χ3n) is 4.10. The lowest BCUT2D eigenvalue weighted by atomic mass is 9.77. The lowest BCUT2D eigenvalue weighted by Gasteiger charge is -2.32. The van der Waals surface area contributed by atoms with Crippen LogP contribution in [0.4, 0.5) is 0 Å². The van der Waals surface area contributed by atoms with E-state index in [1.54, 1.807) is 0 Å². The summed E-state index contributed by atoms with van der Waals surface area (Å²) in [5.74, 6) is 0.340. The van der Waals surface area contributed by atoms with E-state index in [1.807, 2.05) is 18.2 Å². The van der Waals surface area contributed by atoms with Gasteiger partial charge in [0.05, 0.1) is 5.92 Å². The van der Waals surface area contributed by atoms with Gasteiger partial charge >= 0.3 is 0 Å². The molecule has 1 N–H and O–H groups in total. The molecule has 20 heavy (non-hydrogen) atoms. The van der Waals surface area contributed by atoms with Crippen LogP contribution in [0.5, 0.6) is 0 Å². The zero-order valence-corrected chi connectivity index (χ0v) is 11.7. The molecule has 102 valence electrons. The maximum atomic E-state index is 12.3. The Kier molecular flexibility index (Phi) is 3.55. The van der Waals surface area contributed by atoms with Crippen LogP contribution in [0.1, 0.15) is 34.9 Å². The zero-order valence-electron chi connectivity index (χ0n) is 11.7. The third-order valence-corrected chi connectivity index (χ3v) is 4.10. The fraction of sp³-hybridized carbons (Fsp3) is 0.278. The predicted molar refractivity (Wildman–Crippen MR) is 80.7 cm³/mol. The van der Waals surface area contributed by atoms with Crippen molar-refractivity contribution >= 4 is 5.91 Å². The summed E-state index contributed by atoms with van der Waals surface area (Å²) in [5.41, 5.74) is 3.62. The molecule has 2 heteroatoms. The first-order chi connectivity index (χ1) is 9.75. The molecule has 0 unspecified atom stereocenters. The molecule has 0 saturated carbocycles. The lowest BCUT2D eigenvalue weighted by Crippen LogP contribution is -2.39. The highest BCUT2D eigenvalue weighted by atomic mass is 16.1. The summed E-state index contributed by atoms with van der Waals surface area (Å²) in [6.07, 6.45) is 0.994. The minimum absolute atomic E-state index is 0.0762. The first kappa shape index (κ1) is 12.9. The molecule has 2 nitrogen and oxygen atoms in total. The molecule has 0 radical (unpaired) electrons. The second kappa shape index (κ2) is 5.49. The Morgan fingerprint density at radius 2 is 1.65 bits per heavy atom. The molecule has 2 aromatic carbocycles. The van der Waals surface area contributed by atoms with E-state index in [0.717, 1.165) is 18.5 Å². The van der Waals surface area contributed by atoms with Gasteiger partial charge in [0.1, 0.15) is 0 Å². The van der Waals surface area contributed by atoms with Gasteiger partial charge in [-0.15, -0.1) is 0 Å². The van der Waals surface area contributed by atoms with E-state index in [0.29, 0.717) is 0 Å². The Morgan fingerprint density at radius 1 is 0.950 bits per heavy atom. The molecular formula is C18H19NO. The van der Waals surface area contributed by atoms with E-state index in [9.17, 15) is 4.79 Å². The van der Waals surface area contributed by atoms with Gasteiger partial charge in [-0.25, -0.2) is 0 Å². The van der Waals surface area contributed by atoms with Crippen LogP contribution in [0.25, 0.3) is 0 Å². The van der Waals surface area contributed by atoms with Crippen molar-refractivity contribution in [3.63, 3.8) is 0 Å². The smallest absolute Gasteiger partial charge is 0.228 e. The highest BCUT2D eigenvalue weighted by molar-refractivity contribution is 5.85. The molecule has 2 aromatic rings. The Hall–Kier alpha value is -2.09. The number of carbonyl (C=O) groups is 1. The molecule has 1 aliphatic heterocycles. The van der Waals surface area contributed by atoms with Crippen molar-refractivity contribution in [2.24, 2.45) is 0 Å². The van der Waals surface area contributed by atoms with E-state index in [-0.39, 0.29) is 17.7 Å². The van der Waals surface area contributed by atoms with Crippen LogP contribution < -0.4 is 5.32 Å². The van der Waals surface area contributed by atoms with Gasteiger partial charge in [0.25, 0.3) is 0 Å². The number of carbonyl (C=O) groups excluding carboxylic acids is 1. The Morgan fingerprint density at radius 3 is 2.35 bits per heavy atom. The van der Waals surface area contributed by atoms with Crippen molar-refractivity contribution in [2.45, 2.75) is 25.2 Å². The van der Waals surface area contributed by atoms with Gasteiger partial charge in [-0.2, -0.15) is 0 Å². The quantitative estimate of drug-likeness (QED) is 0.886. The van der Waals surface area contributed by atoms with E-state index in [4.69, 9.17) is 0 Å². The molecule has 0 aromatic heterocycles. The highest BCUT2D eigenvalue weighted by Gasteiger charge is 2.33. The Bertz CT molecular complexity index is 589. The molecule has 1 saturated heterocycles. The monoisotopic (exact) mass is 265 g/mol. The summed E-state index contributed by atoms with van der Waals surface area (Å²) in [5, 5.41) is 3.00. The summed E-state index contributed by atoms with van der Waals surface area (Å²) in [6.45, 7) is 2.85. The van der Waals surface area contributed by atoms with Gasteiger partial charge < -0.3 is 5.32 Å². The van der Waals surface area contributed by atoms with E-state index >= 15 is 0 Å². The number of benzene rings is 2. The Labute approximate surface area is 119 Å². The van der Waals surface area contributed by atoms with Gasteiger partial charge in [0.15, 0.2) is 0 Å². The average molecular weight is 265 g/mol. The van der Waals surface area contributed by atoms with Crippen LogP contribution in [0, 0.1) is 6.92 Å². The first-order valence-electron chi connectivity index (χ1n) is 7.15. The van der Waals surface area contributed by atoms with Crippen molar-refractivity contribution in [3.05, 3.63) is 71.3 Å². The summed E-state index contributed by atoms with van der Waals surface area (Å²) in [6, 6.07) is 18.7. The van der Waals surface area contributed by atoms with Crippen LogP contribution in [0.3, 0.4) is 0 Å². The molecule has 2 atom stereocenters. The number of rotatable bonds is 2. The number of piperidine rings is 1. The van der Waals surface area contributed by atoms with Gasteiger partial charge in [0, 0.05) is 12.5 Å². The minimum Gasteiger partial charge on any atom is -0.356 e. The number of amides is 1. The van der Waals surface area contributed by atoms with E-state index in [1.165, 1.54) is 11.1 Å². The lowest BCUT2D eigenvalue weighted by molar-refractivity contribution is -0.124. The van der Waals surface area contributed by atoms with Crippen LogP contribution in [0.15, 0.2) is 54.6 Å². The van der Waals surface area contributed by atoms with E-state index in [2.05, 4.69) is 48.6 Å². The summed E-state index contributed by atoms with van der Waals surface area (Å²) in [4.78, 5) is 12.3. The standard InChI is InChI=1S/C18H19NO/c1-13-7-9-14(10-8-13)16-11-12-19-18(20)17(16)15-5-3-2-4-6-15/h2-10,16-17H,11-12H2,1H3,(H,19,20)/t16-,17-/m1/s1. The zero-order chi connectivity index (χ0) is 13.9. The Balaban J connectivity index is 1.98. The molecule has 1 aliphatic rings. The van der Waals surface area contributed by atoms with Crippen molar-refractivity contribution in [3.8, 4) is 0 Å². The molecule has 1 fully saturated rings. The van der Waals surface area contributed by atoms with Crippen molar-refractivity contribution in [1.82, 2.24) is 5.32 Å². The number of nitrogens with one attached hydrogen (secondary N) is 1. The van der Waals surface area contributed by atoms with Gasteiger partial charge in [-0.1, -0.05) is 60.2 Å². The number of hydrogen-bond donors (Lipinski definition) is 1. The van der Waals surface area contributed by atoms with Crippen molar-refractivity contribution in [2.75, 3.05) is 6.54 Å². The molecule has 0 bridgehead atoms. The summed E-state index contributed by atoms with van der Waals surface area (Å²) < 4.78 is 0. The highest BCUT2D eigenvalue weighted by Crippen LogP contribution is 2.37. The molecular weight excluding hydrogens is 246 g/mol. The second-order valence-electron chi connectivity index (χ2n) is 5.49. The molecule has 1 amide bonds.